The molecule has 0 amide bonds. The van der Waals surface area contributed by atoms with Crippen molar-refractivity contribution in [3.63, 3.8) is 0 Å². The normalized spacial score (nSPS) is 20.9. The molecule has 1 aromatic carbocycles. The zero-order chi connectivity index (χ0) is 12.6. The zero-order valence-electron chi connectivity index (χ0n) is 11.0. The van der Waals surface area contributed by atoms with Crippen LogP contribution in [0.15, 0.2) is 18.2 Å². The van der Waals surface area contributed by atoms with Gasteiger partial charge in [-0.1, -0.05) is 18.2 Å². The van der Waals surface area contributed by atoms with Gasteiger partial charge in [-0.3, -0.25) is 4.79 Å². The number of Topliss-reactive ketones (excluding diaryl/α,β-unsaturated/α-hetero) is 1. The molecule has 1 aromatic rings. The molecule has 1 fully saturated rings. The maximum atomic E-state index is 11.5. The van der Waals surface area contributed by atoms with Gasteiger partial charge in [-0.05, 0) is 49.3 Å². The molecule has 3 rings (SSSR count). The summed E-state index contributed by atoms with van der Waals surface area (Å²) in [6.45, 7) is 3.08. The third kappa shape index (κ3) is 1.99. The standard InChI is InChI=1S/C16H20O2/c1-12(17)9-16(10-18-11-16)15-7-6-13-4-2-3-5-14(13)8-15/h6-8H,2-5,9-11H2,1H3. The van der Waals surface area contributed by atoms with Gasteiger partial charge < -0.3 is 4.74 Å². The van der Waals surface area contributed by atoms with Crippen LogP contribution in [0, 0.1) is 0 Å². The average Bonchev–Trinajstić information content (AvgIpc) is 2.33. The number of ether oxygens (including phenoxy) is 1. The van der Waals surface area contributed by atoms with Crippen molar-refractivity contribution >= 4 is 5.78 Å². The monoisotopic (exact) mass is 244 g/mol. The summed E-state index contributed by atoms with van der Waals surface area (Å²) < 4.78 is 5.39. The molecule has 2 nitrogen and oxygen atoms in total. The number of carbonyl (C=O) groups excluding carboxylic acids is 1. The highest BCUT2D eigenvalue weighted by atomic mass is 16.5. The Morgan fingerprint density at radius 1 is 1.22 bits per heavy atom. The number of hydrogen-bond donors (Lipinski definition) is 0. The van der Waals surface area contributed by atoms with E-state index in [1.165, 1.54) is 42.4 Å². The number of ketones is 1. The lowest BCUT2D eigenvalue weighted by molar-refractivity contribution is -0.125. The van der Waals surface area contributed by atoms with Gasteiger partial charge >= 0.3 is 0 Å². The van der Waals surface area contributed by atoms with E-state index in [0.29, 0.717) is 19.6 Å². The van der Waals surface area contributed by atoms with Gasteiger partial charge in [0.15, 0.2) is 0 Å². The maximum Gasteiger partial charge on any atom is 0.130 e. The van der Waals surface area contributed by atoms with Crippen LogP contribution in [0.2, 0.25) is 0 Å². The lowest BCUT2D eigenvalue weighted by Crippen LogP contribution is -2.48. The fourth-order valence-corrected chi connectivity index (χ4v) is 3.26. The maximum absolute atomic E-state index is 11.5. The molecule has 1 saturated heterocycles. The Balaban J connectivity index is 1.93. The largest absolute Gasteiger partial charge is 0.379 e. The number of benzene rings is 1. The summed E-state index contributed by atoms with van der Waals surface area (Å²) in [4.78, 5) is 11.5. The quantitative estimate of drug-likeness (QED) is 0.817. The minimum Gasteiger partial charge on any atom is -0.379 e. The van der Waals surface area contributed by atoms with E-state index in [-0.39, 0.29) is 11.2 Å². The molecule has 96 valence electrons. The molecular formula is C16H20O2. The summed E-state index contributed by atoms with van der Waals surface area (Å²) in [6.07, 6.45) is 5.64. The van der Waals surface area contributed by atoms with Crippen molar-refractivity contribution in [1.82, 2.24) is 0 Å². The van der Waals surface area contributed by atoms with Gasteiger partial charge in [-0.25, -0.2) is 0 Å². The molecule has 18 heavy (non-hydrogen) atoms. The molecule has 0 radical (unpaired) electrons. The van der Waals surface area contributed by atoms with E-state index in [1.807, 2.05) is 0 Å². The molecule has 0 atom stereocenters. The number of aryl methyl sites for hydroxylation is 2. The first-order valence-electron chi connectivity index (χ1n) is 6.89. The fourth-order valence-electron chi connectivity index (χ4n) is 3.26. The van der Waals surface area contributed by atoms with Crippen LogP contribution in [0.25, 0.3) is 0 Å². The first-order valence-corrected chi connectivity index (χ1v) is 6.89. The number of fused-ring (bicyclic) bond motifs is 1. The summed E-state index contributed by atoms with van der Waals surface area (Å²) >= 11 is 0. The van der Waals surface area contributed by atoms with Crippen LogP contribution in [0.4, 0.5) is 0 Å². The molecule has 2 aliphatic rings. The number of hydrogen-bond acceptors (Lipinski definition) is 2. The van der Waals surface area contributed by atoms with Crippen LogP contribution in [-0.4, -0.2) is 19.0 Å². The van der Waals surface area contributed by atoms with E-state index in [4.69, 9.17) is 4.74 Å². The van der Waals surface area contributed by atoms with E-state index in [2.05, 4.69) is 18.2 Å². The molecule has 0 bridgehead atoms. The highest BCUT2D eigenvalue weighted by Gasteiger charge is 2.41. The van der Waals surface area contributed by atoms with E-state index >= 15 is 0 Å². The van der Waals surface area contributed by atoms with Crippen LogP contribution in [-0.2, 0) is 27.8 Å². The predicted molar refractivity (Wildman–Crippen MR) is 70.9 cm³/mol. The summed E-state index contributed by atoms with van der Waals surface area (Å²) in [7, 11) is 0. The molecule has 0 N–H and O–H groups in total. The summed E-state index contributed by atoms with van der Waals surface area (Å²) in [5.41, 5.74) is 4.28. The third-order valence-corrected chi connectivity index (χ3v) is 4.30. The van der Waals surface area contributed by atoms with Crippen molar-refractivity contribution in [2.45, 2.75) is 44.4 Å². The van der Waals surface area contributed by atoms with Gasteiger partial charge in [-0.2, -0.15) is 0 Å². The molecule has 1 aliphatic carbocycles. The van der Waals surface area contributed by atoms with Crippen molar-refractivity contribution in [3.8, 4) is 0 Å². The van der Waals surface area contributed by atoms with Crippen LogP contribution >= 0.6 is 0 Å². The van der Waals surface area contributed by atoms with Gasteiger partial charge in [0, 0.05) is 11.8 Å². The Morgan fingerprint density at radius 3 is 2.56 bits per heavy atom. The van der Waals surface area contributed by atoms with Gasteiger partial charge in [-0.15, -0.1) is 0 Å². The molecule has 0 spiro atoms. The summed E-state index contributed by atoms with van der Waals surface area (Å²) in [6, 6.07) is 6.82. The predicted octanol–water partition coefficient (Wildman–Crippen LogP) is 2.81. The van der Waals surface area contributed by atoms with Crippen LogP contribution in [0.5, 0.6) is 0 Å². The van der Waals surface area contributed by atoms with E-state index < -0.39 is 0 Å². The van der Waals surface area contributed by atoms with Gasteiger partial charge in [0.05, 0.1) is 13.2 Å². The highest BCUT2D eigenvalue weighted by Crippen LogP contribution is 2.37. The molecule has 1 aliphatic heterocycles. The van der Waals surface area contributed by atoms with Crippen molar-refractivity contribution in [2.24, 2.45) is 0 Å². The van der Waals surface area contributed by atoms with Crippen molar-refractivity contribution < 1.29 is 9.53 Å². The SMILES string of the molecule is CC(=O)CC1(c2ccc3c(c2)CCCC3)COC1. The fraction of sp³-hybridized carbons (Fsp3) is 0.562. The molecule has 1 heterocycles. The Labute approximate surface area is 108 Å². The minimum atomic E-state index is -0.0295. The highest BCUT2D eigenvalue weighted by molar-refractivity contribution is 5.77. The molecule has 2 heteroatoms. The molecule has 0 saturated carbocycles. The Hall–Kier alpha value is -1.15. The first kappa shape index (κ1) is 11.9. The Morgan fingerprint density at radius 2 is 1.94 bits per heavy atom. The second-order valence-electron chi connectivity index (χ2n) is 5.84. The minimum absolute atomic E-state index is 0.0295. The smallest absolute Gasteiger partial charge is 0.130 e. The van der Waals surface area contributed by atoms with E-state index in [9.17, 15) is 4.79 Å². The topological polar surface area (TPSA) is 26.3 Å². The molecule has 0 aromatic heterocycles. The number of carbonyl (C=O) groups is 1. The molecular weight excluding hydrogens is 224 g/mol. The van der Waals surface area contributed by atoms with Crippen molar-refractivity contribution in [1.29, 1.82) is 0 Å². The van der Waals surface area contributed by atoms with Crippen LogP contribution in [0.1, 0.15) is 42.9 Å². The van der Waals surface area contributed by atoms with E-state index in [1.54, 1.807) is 6.92 Å². The lowest BCUT2D eigenvalue weighted by atomic mass is 9.73. The van der Waals surface area contributed by atoms with Crippen molar-refractivity contribution in [3.05, 3.63) is 34.9 Å². The Kier molecular flexibility index (Phi) is 2.98. The summed E-state index contributed by atoms with van der Waals surface area (Å²) in [5, 5.41) is 0. The average molecular weight is 244 g/mol. The van der Waals surface area contributed by atoms with Gasteiger partial charge in [0.1, 0.15) is 5.78 Å². The van der Waals surface area contributed by atoms with Crippen LogP contribution in [0.3, 0.4) is 0 Å². The Bertz CT molecular complexity index is 472. The lowest BCUT2D eigenvalue weighted by Gasteiger charge is -2.42. The van der Waals surface area contributed by atoms with Gasteiger partial charge in [0.25, 0.3) is 0 Å². The second-order valence-corrected chi connectivity index (χ2v) is 5.84. The van der Waals surface area contributed by atoms with Crippen molar-refractivity contribution in [2.75, 3.05) is 13.2 Å². The van der Waals surface area contributed by atoms with E-state index in [0.717, 1.165) is 0 Å². The zero-order valence-corrected chi connectivity index (χ0v) is 11.0. The molecule has 0 unspecified atom stereocenters. The first-order chi connectivity index (χ1) is 8.70. The van der Waals surface area contributed by atoms with Gasteiger partial charge in [0.2, 0.25) is 0 Å². The van der Waals surface area contributed by atoms with Crippen LogP contribution < -0.4 is 0 Å². The summed E-state index contributed by atoms with van der Waals surface area (Å²) in [5.74, 6) is 0.260. The third-order valence-electron chi connectivity index (χ3n) is 4.30. The second kappa shape index (κ2) is 4.51. The number of rotatable bonds is 3.